The van der Waals surface area contributed by atoms with Crippen molar-refractivity contribution < 1.29 is 5.11 Å². The highest BCUT2D eigenvalue weighted by Gasteiger charge is 1.96. The van der Waals surface area contributed by atoms with Crippen LogP contribution in [-0.4, -0.2) is 22.7 Å². The van der Waals surface area contributed by atoms with Crippen LogP contribution in [0, 0.1) is 0 Å². The first-order valence-electron chi connectivity index (χ1n) is 3.72. The first-order valence-corrected chi connectivity index (χ1v) is 4.10. The van der Waals surface area contributed by atoms with Crippen molar-refractivity contribution in [1.82, 2.24) is 4.98 Å². The minimum absolute atomic E-state index is 0.373. The van der Waals surface area contributed by atoms with Crippen molar-refractivity contribution in [2.75, 3.05) is 11.9 Å². The molecule has 0 aliphatic rings. The lowest BCUT2D eigenvalue weighted by Crippen LogP contribution is -2.15. The Bertz CT molecular complexity index is 235. The minimum atomic E-state index is -0.373. The molecule has 1 heterocycles. The normalized spacial score (nSPS) is 12.6. The van der Waals surface area contributed by atoms with Crippen molar-refractivity contribution in [3.05, 3.63) is 23.4 Å². The minimum Gasteiger partial charge on any atom is -0.392 e. The summed E-state index contributed by atoms with van der Waals surface area (Å²) in [6, 6.07) is 3.52. The Morgan fingerprint density at radius 3 is 2.92 bits per heavy atom. The zero-order valence-electron chi connectivity index (χ0n) is 6.79. The number of aliphatic hydroxyl groups is 1. The van der Waals surface area contributed by atoms with Gasteiger partial charge in [0.25, 0.3) is 0 Å². The number of halogens is 1. The molecule has 3 nitrogen and oxygen atoms in total. The van der Waals surface area contributed by atoms with E-state index in [0.29, 0.717) is 11.6 Å². The van der Waals surface area contributed by atoms with Gasteiger partial charge in [0.1, 0.15) is 5.82 Å². The highest BCUT2D eigenvalue weighted by atomic mass is 35.5. The van der Waals surface area contributed by atoms with Gasteiger partial charge in [-0.3, -0.25) is 0 Å². The Morgan fingerprint density at radius 2 is 2.42 bits per heavy atom. The molecule has 66 valence electrons. The molecular weight excluding hydrogens is 176 g/mol. The number of hydrogen-bond donors (Lipinski definition) is 2. The smallest absolute Gasteiger partial charge is 0.126 e. The molecule has 1 aromatic rings. The van der Waals surface area contributed by atoms with Gasteiger partial charge in [-0.1, -0.05) is 11.6 Å². The molecule has 0 fully saturated rings. The van der Waals surface area contributed by atoms with Crippen LogP contribution in [0.25, 0.3) is 0 Å². The molecule has 0 unspecified atom stereocenters. The topological polar surface area (TPSA) is 45.1 Å². The summed E-state index contributed by atoms with van der Waals surface area (Å²) in [6.45, 7) is 2.21. The van der Waals surface area contributed by atoms with Gasteiger partial charge in [0.05, 0.1) is 11.1 Å². The molecule has 4 heteroatoms. The average molecular weight is 187 g/mol. The SMILES string of the molecule is C[C@@H](O)CNc1ccc(Cl)cn1. The summed E-state index contributed by atoms with van der Waals surface area (Å²) in [6.07, 6.45) is 1.19. The van der Waals surface area contributed by atoms with Crippen molar-refractivity contribution in [3.63, 3.8) is 0 Å². The fraction of sp³-hybridized carbons (Fsp3) is 0.375. The number of pyridine rings is 1. The van der Waals surface area contributed by atoms with Crippen LogP contribution in [0.15, 0.2) is 18.3 Å². The number of aliphatic hydroxyl groups excluding tert-OH is 1. The lowest BCUT2D eigenvalue weighted by atomic mass is 10.4. The monoisotopic (exact) mass is 186 g/mol. The maximum Gasteiger partial charge on any atom is 0.126 e. The third kappa shape index (κ3) is 3.07. The molecule has 2 N–H and O–H groups in total. The van der Waals surface area contributed by atoms with Gasteiger partial charge in [-0.25, -0.2) is 4.98 Å². The molecule has 0 amide bonds. The number of nitrogens with one attached hydrogen (secondary N) is 1. The number of anilines is 1. The van der Waals surface area contributed by atoms with Crippen LogP contribution in [0.1, 0.15) is 6.92 Å². The number of aromatic nitrogens is 1. The molecule has 0 aromatic carbocycles. The zero-order valence-corrected chi connectivity index (χ0v) is 7.54. The van der Waals surface area contributed by atoms with Crippen LogP contribution >= 0.6 is 11.6 Å². The van der Waals surface area contributed by atoms with E-state index in [1.54, 1.807) is 25.3 Å². The molecule has 1 aromatic heterocycles. The van der Waals surface area contributed by atoms with Crippen molar-refractivity contribution in [1.29, 1.82) is 0 Å². The van der Waals surface area contributed by atoms with Gasteiger partial charge in [-0.05, 0) is 19.1 Å². The standard InChI is InChI=1S/C8H11ClN2O/c1-6(12)4-10-8-3-2-7(9)5-11-8/h2-3,5-6,12H,4H2,1H3,(H,10,11)/t6-/m1/s1. The highest BCUT2D eigenvalue weighted by molar-refractivity contribution is 6.30. The van der Waals surface area contributed by atoms with Crippen molar-refractivity contribution >= 4 is 17.4 Å². The predicted molar refractivity (Wildman–Crippen MR) is 49.4 cm³/mol. The Morgan fingerprint density at radius 1 is 1.67 bits per heavy atom. The van der Waals surface area contributed by atoms with E-state index in [-0.39, 0.29) is 6.10 Å². The zero-order chi connectivity index (χ0) is 8.97. The number of nitrogens with zero attached hydrogens (tertiary/aromatic N) is 1. The molecule has 1 atom stereocenters. The largest absolute Gasteiger partial charge is 0.392 e. The molecule has 0 saturated heterocycles. The Kier molecular flexibility index (Phi) is 3.31. The van der Waals surface area contributed by atoms with Crippen LogP contribution in [0.4, 0.5) is 5.82 Å². The van der Waals surface area contributed by atoms with Crippen LogP contribution in [0.2, 0.25) is 5.02 Å². The summed E-state index contributed by atoms with van der Waals surface area (Å²) in [5.41, 5.74) is 0. The van der Waals surface area contributed by atoms with Gasteiger partial charge in [0.15, 0.2) is 0 Å². The molecule has 0 bridgehead atoms. The molecule has 12 heavy (non-hydrogen) atoms. The van der Waals surface area contributed by atoms with Gasteiger partial charge in [0.2, 0.25) is 0 Å². The predicted octanol–water partition coefficient (Wildman–Crippen LogP) is 1.53. The van der Waals surface area contributed by atoms with Crippen LogP contribution in [-0.2, 0) is 0 Å². The van der Waals surface area contributed by atoms with Gasteiger partial charge in [-0.2, -0.15) is 0 Å². The second-order valence-electron chi connectivity index (χ2n) is 2.59. The third-order valence-electron chi connectivity index (χ3n) is 1.31. The maximum atomic E-state index is 8.95. The quantitative estimate of drug-likeness (QED) is 0.753. The fourth-order valence-electron chi connectivity index (χ4n) is 0.733. The van der Waals surface area contributed by atoms with E-state index >= 15 is 0 Å². The molecule has 1 rings (SSSR count). The Balaban J connectivity index is 2.48. The van der Waals surface area contributed by atoms with E-state index in [0.717, 1.165) is 5.82 Å². The highest BCUT2D eigenvalue weighted by Crippen LogP contribution is 2.08. The van der Waals surface area contributed by atoms with Gasteiger partial charge in [0, 0.05) is 12.7 Å². The summed E-state index contributed by atoms with van der Waals surface area (Å²) in [5.74, 6) is 0.723. The van der Waals surface area contributed by atoms with Crippen LogP contribution in [0.5, 0.6) is 0 Å². The van der Waals surface area contributed by atoms with E-state index in [1.165, 1.54) is 0 Å². The van der Waals surface area contributed by atoms with Crippen molar-refractivity contribution in [2.24, 2.45) is 0 Å². The molecule has 0 aliphatic carbocycles. The lowest BCUT2D eigenvalue weighted by Gasteiger charge is -2.06. The lowest BCUT2D eigenvalue weighted by molar-refractivity contribution is 0.208. The molecule has 0 radical (unpaired) electrons. The Labute approximate surface area is 76.4 Å². The fourth-order valence-corrected chi connectivity index (χ4v) is 0.844. The second kappa shape index (κ2) is 4.28. The average Bonchev–Trinajstić information content (AvgIpc) is 2.03. The first kappa shape index (κ1) is 9.29. The van der Waals surface area contributed by atoms with Crippen LogP contribution < -0.4 is 5.32 Å². The van der Waals surface area contributed by atoms with E-state index in [4.69, 9.17) is 16.7 Å². The molecule has 0 aliphatic heterocycles. The van der Waals surface area contributed by atoms with Crippen molar-refractivity contribution in [3.8, 4) is 0 Å². The summed E-state index contributed by atoms with van der Waals surface area (Å²) >= 11 is 5.63. The second-order valence-corrected chi connectivity index (χ2v) is 3.03. The molecular formula is C8H11ClN2O. The third-order valence-corrected chi connectivity index (χ3v) is 1.53. The summed E-state index contributed by atoms with van der Waals surface area (Å²) < 4.78 is 0. The molecule has 0 spiro atoms. The van der Waals surface area contributed by atoms with Gasteiger partial charge in [-0.15, -0.1) is 0 Å². The van der Waals surface area contributed by atoms with Crippen molar-refractivity contribution in [2.45, 2.75) is 13.0 Å². The van der Waals surface area contributed by atoms with Gasteiger partial charge < -0.3 is 10.4 Å². The van der Waals surface area contributed by atoms with E-state index in [2.05, 4.69) is 10.3 Å². The molecule has 0 saturated carbocycles. The van der Waals surface area contributed by atoms with Crippen LogP contribution in [0.3, 0.4) is 0 Å². The number of hydrogen-bond acceptors (Lipinski definition) is 3. The first-order chi connectivity index (χ1) is 5.68. The number of rotatable bonds is 3. The Hall–Kier alpha value is -0.800. The summed E-state index contributed by atoms with van der Waals surface area (Å²) in [7, 11) is 0. The van der Waals surface area contributed by atoms with E-state index in [1.807, 2.05) is 0 Å². The summed E-state index contributed by atoms with van der Waals surface area (Å²) in [4.78, 5) is 4.00. The van der Waals surface area contributed by atoms with E-state index < -0.39 is 0 Å². The summed E-state index contributed by atoms with van der Waals surface area (Å²) in [5, 5.41) is 12.5. The van der Waals surface area contributed by atoms with Gasteiger partial charge >= 0.3 is 0 Å². The maximum absolute atomic E-state index is 8.95. The van der Waals surface area contributed by atoms with E-state index in [9.17, 15) is 0 Å².